The summed E-state index contributed by atoms with van der Waals surface area (Å²) in [6.45, 7) is 2.79. The second-order valence-corrected chi connectivity index (χ2v) is 4.67. The molecule has 0 saturated carbocycles. The van der Waals surface area contributed by atoms with E-state index in [9.17, 15) is 0 Å². The molecule has 0 bridgehead atoms. The van der Waals surface area contributed by atoms with Gasteiger partial charge in [0.1, 0.15) is 11.3 Å². The lowest BCUT2D eigenvalue weighted by Gasteiger charge is -2.06. The van der Waals surface area contributed by atoms with Gasteiger partial charge in [0.2, 0.25) is 0 Å². The SMILES string of the molecule is Cc1ccc(NCc2nc3cnccc3n2C)cc1. The zero-order valence-corrected chi connectivity index (χ0v) is 11.1. The average molecular weight is 252 g/mol. The van der Waals surface area contributed by atoms with Crippen LogP contribution in [0.2, 0.25) is 0 Å². The van der Waals surface area contributed by atoms with Crippen LogP contribution in [0.4, 0.5) is 5.69 Å². The van der Waals surface area contributed by atoms with Crippen LogP contribution < -0.4 is 5.32 Å². The zero-order valence-electron chi connectivity index (χ0n) is 11.1. The van der Waals surface area contributed by atoms with Gasteiger partial charge in [-0.3, -0.25) is 4.98 Å². The summed E-state index contributed by atoms with van der Waals surface area (Å²) in [6.07, 6.45) is 3.59. The lowest BCUT2D eigenvalue weighted by molar-refractivity contribution is 0.834. The monoisotopic (exact) mass is 252 g/mol. The minimum absolute atomic E-state index is 0.703. The van der Waals surface area contributed by atoms with Crippen molar-refractivity contribution in [2.75, 3.05) is 5.32 Å². The number of hydrogen-bond donors (Lipinski definition) is 1. The van der Waals surface area contributed by atoms with Crippen molar-refractivity contribution in [3.8, 4) is 0 Å². The molecule has 1 aromatic carbocycles. The summed E-state index contributed by atoms with van der Waals surface area (Å²) in [5.41, 5.74) is 4.41. The summed E-state index contributed by atoms with van der Waals surface area (Å²) in [5, 5.41) is 3.39. The number of aryl methyl sites for hydroxylation is 2. The molecule has 3 rings (SSSR count). The van der Waals surface area contributed by atoms with Crippen LogP contribution in [-0.4, -0.2) is 14.5 Å². The van der Waals surface area contributed by atoms with E-state index in [0.717, 1.165) is 22.5 Å². The largest absolute Gasteiger partial charge is 0.378 e. The average Bonchev–Trinajstić information content (AvgIpc) is 2.76. The fraction of sp³-hybridized carbons (Fsp3) is 0.200. The Morgan fingerprint density at radius 2 is 1.95 bits per heavy atom. The van der Waals surface area contributed by atoms with Crippen LogP contribution in [0.3, 0.4) is 0 Å². The first-order chi connectivity index (χ1) is 9.24. The smallest absolute Gasteiger partial charge is 0.129 e. The number of hydrogen-bond acceptors (Lipinski definition) is 3. The Morgan fingerprint density at radius 3 is 2.68 bits per heavy atom. The molecule has 2 aromatic heterocycles. The van der Waals surface area contributed by atoms with Crippen LogP contribution >= 0.6 is 0 Å². The van der Waals surface area contributed by atoms with E-state index in [1.165, 1.54) is 5.56 Å². The Morgan fingerprint density at radius 1 is 1.16 bits per heavy atom. The number of nitrogens with zero attached hydrogens (tertiary/aromatic N) is 3. The molecule has 3 aromatic rings. The standard InChI is InChI=1S/C15H16N4/c1-11-3-5-12(6-4-11)17-10-15-18-13-9-16-8-7-14(13)19(15)2/h3-9,17H,10H2,1-2H3. The van der Waals surface area contributed by atoms with Crippen LogP contribution in [0, 0.1) is 6.92 Å². The summed E-state index contributed by atoms with van der Waals surface area (Å²) in [7, 11) is 2.03. The maximum atomic E-state index is 4.58. The van der Waals surface area contributed by atoms with Gasteiger partial charge in [0, 0.05) is 18.9 Å². The van der Waals surface area contributed by atoms with E-state index in [2.05, 4.69) is 51.0 Å². The van der Waals surface area contributed by atoms with E-state index in [1.807, 2.05) is 13.1 Å². The predicted molar refractivity (Wildman–Crippen MR) is 77.0 cm³/mol. The van der Waals surface area contributed by atoms with Crippen molar-refractivity contribution in [3.05, 3.63) is 54.1 Å². The Bertz CT molecular complexity index is 698. The number of anilines is 1. The Kier molecular flexibility index (Phi) is 2.91. The third-order valence-electron chi connectivity index (χ3n) is 3.28. The molecule has 0 spiro atoms. The molecular weight excluding hydrogens is 236 g/mol. The van der Waals surface area contributed by atoms with Crippen LogP contribution in [-0.2, 0) is 13.6 Å². The second kappa shape index (κ2) is 4.72. The molecule has 96 valence electrons. The third-order valence-corrected chi connectivity index (χ3v) is 3.28. The molecule has 0 atom stereocenters. The van der Waals surface area contributed by atoms with Gasteiger partial charge in [-0.15, -0.1) is 0 Å². The molecule has 4 nitrogen and oxygen atoms in total. The normalized spacial score (nSPS) is 10.8. The van der Waals surface area contributed by atoms with Gasteiger partial charge in [-0.05, 0) is 25.1 Å². The number of rotatable bonds is 3. The van der Waals surface area contributed by atoms with E-state index in [1.54, 1.807) is 12.4 Å². The van der Waals surface area contributed by atoms with Crippen molar-refractivity contribution in [1.82, 2.24) is 14.5 Å². The summed E-state index contributed by atoms with van der Waals surface area (Å²) >= 11 is 0. The number of benzene rings is 1. The summed E-state index contributed by atoms with van der Waals surface area (Å²) in [4.78, 5) is 8.68. The van der Waals surface area contributed by atoms with Gasteiger partial charge in [-0.25, -0.2) is 4.98 Å². The highest BCUT2D eigenvalue weighted by molar-refractivity contribution is 5.74. The van der Waals surface area contributed by atoms with Crippen molar-refractivity contribution < 1.29 is 0 Å². The molecular formula is C15H16N4. The molecule has 0 fully saturated rings. The van der Waals surface area contributed by atoms with Gasteiger partial charge < -0.3 is 9.88 Å². The van der Waals surface area contributed by atoms with E-state index in [-0.39, 0.29) is 0 Å². The molecule has 0 radical (unpaired) electrons. The summed E-state index contributed by atoms with van der Waals surface area (Å²) in [6, 6.07) is 10.3. The topological polar surface area (TPSA) is 42.7 Å². The highest BCUT2D eigenvalue weighted by Crippen LogP contribution is 2.15. The van der Waals surface area contributed by atoms with Crippen LogP contribution in [0.1, 0.15) is 11.4 Å². The van der Waals surface area contributed by atoms with Crippen molar-refractivity contribution in [1.29, 1.82) is 0 Å². The van der Waals surface area contributed by atoms with Crippen LogP contribution in [0.5, 0.6) is 0 Å². The molecule has 1 N–H and O–H groups in total. The molecule has 19 heavy (non-hydrogen) atoms. The van der Waals surface area contributed by atoms with Crippen molar-refractivity contribution >= 4 is 16.7 Å². The molecule has 0 unspecified atom stereocenters. The number of fused-ring (bicyclic) bond motifs is 1. The molecule has 0 aliphatic rings. The predicted octanol–water partition coefficient (Wildman–Crippen LogP) is 2.89. The first-order valence-corrected chi connectivity index (χ1v) is 6.30. The Hall–Kier alpha value is -2.36. The lowest BCUT2D eigenvalue weighted by Crippen LogP contribution is -2.05. The number of imidazole rings is 1. The first kappa shape index (κ1) is 11.7. The zero-order chi connectivity index (χ0) is 13.2. The molecule has 4 heteroatoms. The number of pyridine rings is 1. The minimum atomic E-state index is 0.703. The van der Waals surface area contributed by atoms with Gasteiger partial charge in [-0.2, -0.15) is 0 Å². The molecule has 0 aliphatic heterocycles. The van der Waals surface area contributed by atoms with Crippen LogP contribution in [0.15, 0.2) is 42.7 Å². The first-order valence-electron chi connectivity index (χ1n) is 6.30. The quantitative estimate of drug-likeness (QED) is 0.779. The van der Waals surface area contributed by atoms with Gasteiger partial charge >= 0.3 is 0 Å². The van der Waals surface area contributed by atoms with Gasteiger partial charge in [-0.1, -0.05) is 17.7 Å². The Balaban J connectivity index is 1.82. The van der Waals surface area contributed by atoms with Crippen molar-refractivity contribution in [3.63, 3.8) is 0 Å². The van der Waals surface area contributed by atoms with Crippen molar-refractivity contribution in [2.24, 2.45) is 7.05 Å². The third kappa shape index (κ3) is 2.29. The molecule has 2 heterocycles. The highest BCUT2D eigenvalue weighted by Gasteiger charge is 2.06. The van der Waals surface area contributed by atoms with E-state index < -0.39 is 0 Å². The van der Waals surface area contributed by atoms with Gasteiger partial charge in [0.15, 0.2) is 0 Å². The maximum absolute atomic E-state index is 4.58. The lowest BCUT2D eigenvalue weighted by atomic mass is 10.2. The highest BCUT2D eigenvalue weighted by atomic mass is 15.1. The number of aromatic nitrogens is 3. The molecule has 0 aliphatic carbocycles. The van der Waals surface area contributed by atoms with Crippen LogP contribution in [0.25, 0.3) is 11.0 Å². The van der Waals surface area contributed by atoms with E-state index in [0.29, 0.717) is 6.54 Å². The van der Waals surface area contributed by atoms with Gasteiger partial charge in [0.25, 0.3) is 0 Å². The van der Waals surface area contributed by atoms with Gasteiger partial charge in [0.05, 0.1) is 18.3 Å². The van der Waals surface area contributed by atoms with E-state index >= 15 is 0 Å². The second-order valence-electron chi connectivity index (χ2n) is 4.67. The molecule has 0 amide bonds. The fourth-order valence-electron chi connectivity index (χ4n) is 2.11. The maximum Gasteiger partial charge on any atom is 0.129 e. The number of nitrogens with one attached hydrogen (secondary N) is 1. The van der Waals surface area contributed by atoms with E-state index in [4.69, 9.17) is 0 Å². The molecule has 0 saturated heterocycles. The summed E-state index contributed by atoms with van der Waals surface area (Å²) < 4.78 is 2.10. The van der Waals surface area contributed by atoms with Crippen molar-refractivity contribution in [2.45, 2.75) is 13.5 Å². The summed E-state index contributed by atoms with van der Waals surface area (Å²) in [5.74, 6) is 1.00. The minimum Gasteiger partial charge on any atom is -0.378 e. The Labute approximate surface area is 112 Å². The fourth-order valence-corrected chi connectivity index (χ4v) is 2.11.